The number of hydrogen-bond acceptors (Lipinski definition) is 7. The van der Waals surface area contributed by atoms with E-state index in [-0.39, 0.29) is 17.2 Å². The molecule has 0 saturated heterocycles. The van der Waals surface area contributed by atoms with Crippen molar-refractivity contribution in [2.45, 2.75) is 18.0 Å². The summed E-state index contributed by atoms with van der Waals surface area (Å²) in [6.07, 6.45) is 1.48. The van der Waals surface area contributed by atoms with Gasteiger partial charge in [0, 0.05) is 12.6 Å². The van der Waals surface area contributed by atoms with E-state index < -0.39 is 22.5 Å². The van der Waals surface area contributed by atoms with E-state index in [2.05, 4.69) is 10.5 Å². The van der Waals surface area contributed by atoms with Gasteiger partial charge in [0.05, 0.1) is 31.9 Å². The van der Waals surface area contributed by atoms with Gasteiger partial charge in [-0.3, -0.25) is 4.79 Å². The van der Waals surface area contributed by atoms with Gasteiger partial charge in [0.1, 0.15) is 12.4 Å². The van der Waals surface area contributed by atoms with Crippen molar-refractivity contribution < 1.29 is 27.4 Å². The van der Waals surface area contributed by atoms with Crippen LogP contribution in [0.2, 0.25) is 0 Å². The second kappa shape index (κ2) is 14.1. The SMILES string of the molecule is COc1ccc(S(=O)(=O)N(CC(=O)N/N=C\c2ccc(OCc3ccccc3)cc2)Cc2ccccc2)cc1OC. The number of rotatable bonds is 13. The highest BCUT2D eigenvalue weighted by Gasteiger charge is 2.28. The van der Waals surface area contributed by atoms with E-state index >= 15 is 0 Å². The highest BCUT2D eigenvalue weighted by molar-refractivity contribution is 7.89. The number of ether oxygens (including phenoxy) is 3. The molecule has 0 atom stereocenters. The molecule has 0 aliphatic heterocycles. The van der Waals surface area contributed by atoms with Crippen LogP contribution in [-0.2, 0) is 28.0 Å². The van der Waals surface area contributed by atoms with Crippen molar-refractivity contribution in [3.05, 3.63) is 120 Å². The Kier molecular flexibility index (Phi) is 10.1. The molecule has 0 aliphatic rings. The number of carbonyl (C=O) groups is 1. The molecule has 1 amide bonds. The molecule has 0 aromatic heterocycles. The van der Waals surface area contributed by atoms with Crippen LogP contribution in [0.4, 0.5) is 0 Å². The first-order chi connectivity index (χ1) is 19.9. The summed E-state index contributed by atoms with van der Waals surface area (Å²) >= 11 is 0. The summed E-state index contributed by atoms with van der Waals surface area (Å²) in [6, 6.07) is 30.4. The molecule has 41 heavy (non-hydrogen) atoms. The Bertz CT molecular complexity index is 1560. The zero-order valence-corrected chi connectivity index (χ0v) is 23.6. The minimum atomic E-state index is -4.09. The third-order valence-electron chi connectivity index (χ3n) is 6.05. The van der Waals surface area contributed by atoms with E-state index in [0.717, 1.165) is 21.0 Å². The first kappa shape index (κ1) is 29.3. The number of benzene rings is 4. The Labute approximate surface area is 240 Å². The van der Waals surface area contributed by atoms with Crippen LogP contribution in [0.25, 0.3) is 0 Å². The lowest BCUT2D eigenvalue weighted by Gasteiger charge is -2.22. The van der Waals surface area contributed by atoms with Crippen LogP contribution in [0.1, 0.15) is 16.7 Å². The van der Waals surface area contributed by atoms with Crippen LogP contribution in [0.5, 0.6) is 17.2 Å². The summed E-state index contributed by atoms with van der Waals surface area (Å²) in [5.74, 6) is 0.763. The minimum absolute atomic E-state index is 0.0148. The van der Waals surface area contributed by atoms with Gasteiger partial charge in [-0.25, -0.2) is 13.8 Å². The predicted molar refractivity (Wildman–Crippen MR) is 157 cm³/mol. The maximum atomic E-state index is 13.6. The van der Waals surface area contributed by atoms with Crippen LogP contribution in [0.3, 0.4) is 0 Å². The number of carbonyl (C=O) groups excluding carboxylic acids is 1. The van der Waals surface area contributed by atoms with Gasteiger partial charge in [-0.1, -0.05) is 60.7 Å². The summed E-state index contributed by atoms with van der Waals surface area (Å²) < 4.78 is 44.6. The van der Waals surface area contributed by atoms with Crippen LogP contribution < -0.4 is 19.6 Å². The Hall–Kier alpha value is -4.67. The van der Waals surface area contributed by atoms with E-state index in [1.165, 1.54) is 38.6 Å². The second-order valence-electron chi connectivity index (χ2n) is 8.91. The molecule has 10 heteroatoms. The molecule has 0 heterocycles. The van der Waals surface area contributed by atoms with Gasteiger partial charge in [-0.05, 0) is 53.1 Å². The zero-order valence-electron chi connectivity index (χ0n) is 22.8. The third-order valence-corrected chi connectivity index (χ3v) is 7.83. The molecule has 0 radical (unpaired) electrons. The standard InChI is InChI=1S/C31H31N3O6S/c1-38-29-18-17-28(19-30(29)39-2)41(36,37)34(21-25-9-5-3-6-10-25)22-31(35)33-32-20-24-13-15-27(16-14-24)40-23-26-11-7-4-8-12-26/h3-20H,21-23H2,1-2H3,(H,33,35)/b32-20-. The molecule has 0 fully saturated rings. The molecule has 0 bridgehead atoms. The molecule has 0 unspecified atom stereocenters. The van der Waals surface area contributed by atoms with E-state index in [1.807, 2.05) is 48.5 Å². The van der Waals surface area contributed by atoms with E-state index in [4.69, 9.17) is 14.2 Å². The molecular formula is C31H31N3O6S. The lowest BCUT2D eigenvalue weighted by atomic mass is 10.2. The first-order valence-corrected chi connectivity index (χ1v) is 14.2. The lowest BCUT2D eigenvalue weighted by molar-refractivity contribution is -0.121. The molecule has 1 N–H and O–H groups in total. The van der Waals surface area contributed by atoms with Crippen molar-refractivity contribution >= 4 is 22.1 Å². The normalized spacial score (nSPS) is 11.4. The monoisotopic (exact) mass is 573 g/mol. The number of amides is 1. The number of hydrogen-bond donors (Lipinski definition) is 1. The Morgan fingerprint density at radius 2 is 1.46 bits per heavy atom. The Balaban J connectivity index is 1.42. The van der Waals surface area contributed by atoms with Crippen molar-refractivity contribution in [2.75, 3.05) is 20.8 Å². The summed E-state index contributed by atoms with van der Waals surface area (Å²) in [4.78, 5) is 12.8. The van der Waals surface area contributed by atoms with Crippen molar-refractivity contribution in [1.29, 1.82) is 0 Å². The van der Waals surface area contributed by atoms with Crippen molar-refractivity contribution in [3.8, 4) is 17.2 Å². The number of hydrazone groups is 1. The van der Waals surface area contributed by atoms with E-state index in [0.29, 0.717) is 18.1 Å². The number of sulfonamides is 1. The largest absolute Gasteiger partial charge is 0.493 e. The van der Waals surface area contributed by atoms with Crippen LogP contribution in [-0.4, -0.2) is 45.6 Å². The lowest BCUT2D eigenvalue weighted by Crippen LogP contribution is -2.39. The van der Waals surface area contributed by atoms with Crippen molar-refractivity contribution in [1.82, 2.24) is 9.73 Å². The van der Waals surface area contributed by atoms with Crippen LogP contribution in [0, 0.1) is 0 Å². The highest BCUT2D eigenvalue weighted by Crippen LogP contribution is 2.31. The van der Waals surface area contributed by atoms with Gasteiger partial charge >= 0.3 is 0 Å². The number of methoxy groups -OCH3 is 2. The Morgan fingerprint density at radius 3 is 2.10 bits per heavy atom. The van der Waals surface area contributed by atoms with Gasteiger partial charge in [-0.2, -0.15) is 9.41 Å². The number of nitrogens with zero attached hydrogens (tertiary/aromatic N) is 2. The zero-order chi connectivity index (χ0) is 29.1. The van der Waals surface area contributed by atoms with Crippen molar-refractivity contribution in [3.63, 3.8) is 0 Å². The van der Waals surface area contributed by atoms with E-state index in [9.17, 15) is 13.2 Å². The predicted octanol–water partition coefficient (Wildman–Crippen LogP) is 4.62. The van der Waals surface area contributed by atoms with Gasteiger partial charge in [0.15, 0.2) is 11.5 Å². The third kappa shape index (κ3) is 8.17. The van der Waals surface area contributed by atoms with Gasteiger partial charge in [0.25, 0.3) is 5.91 Å². The fraction of sp³-hybridized carbons (Fsp3) is 0.161. The van der Waals surface area contributed by atoms with Crippen molar-refractivity contribution in [2.24, 2.45) is 5.10 Å². The topological polar surface area (TPSA) is 107 Å². The average Bonchev–Trinajstić information content (AvgIpc) is 3.01. The molecule has 0 saturated carbocycles. The average molecular weight is 574 g/mol. The molecule has 4 aromatic carbocycles. The summed E-state index contributed by atoms with van der Waals surface area (Å²) in [7, 11) is -1.20. The molecule has 4 rings (SSSR count). The van der Waals surface area contributed by atoms with E-state index in [1.54, 1.807) is 36.4 Å². The number of nitrogens with one attached hydrogen (secondary N) is 1. The quantitative estimate of drug-likeness (QED) is 0.185. The van der Waals surface area contributed by atoms with Crippen LogP contribution >= 0.6 is 0 Å². The van der Waals surface area contributed by atoms with Gasteiger partial charge < -0.3 is 14.2 Å². The maximum Gasteiger partial charge on any atom is 0.255 e. The first-order valence-electron chi connectivity index (χ1n) is 12.7. The molecule has 9 nitrogen and oxygen atoms in total. The fourth-order valence-corrected chi connectivity index (χ4v) is 5.30. The highest BCUT2D eigenvalue weighted by atomic mass is 32.2. The molecule has 4 aromatic rings. The smallest absolute Gasteiger partial charge is 0.255 e. The summed E-state index contributed by atoms with van der Waals surface area (Å²) in [6.45, 7) is -0.00962. The summed E-state index contributed by atoms with van der Waals surface area (Å²) in [5.41, 5.74) is 4.94. The van der Waals surface area contributed by atoms with Crippen LogP contribution in [0.15, 0.2) is 113 Å². The summed E-state index contributed by atoms with van der Waals surface area (Å²) in [5, 5.41) is 4.01. The maximum absolute atomic E-state index is 13.6. The molecule has 0 aliphatic carbocycles. The Morgan fingerprint density at radius 1 is 0.829 bits per heavy atom. The second-order valence-corrected chi connectivity index (χ2v) is 10.8. The van der Waals surface area contributed by atoms with Gasteiger partial charge in [-0.15, -0.1) is 0 Å². The minimum Gasteiger partial charge on any atom is -0.493 e. The molecule has 0 spiro atoms. The molecular weight excluding hydrogens is 542 g/mol. The fourth-order valence-electron chi connectivity index (χ4n) is 3.90. The molecule has 212 valence electrons. The van der Waals surface area contributed by atoms with Gasteiger partial charge in [0.2, 0.25) is 10.0 Å².